The topological polar surface area (TPSA) is 64.8 Å². The van der Waals surface area contributed by atoms with Crippen LogP contribution in [0.2, 0.25) is 0 Å². The number of benzene rings is 1. The number of hydrogen-bond donors (Lipinski definition) is 1. The minimum atomic E-state index is -0.304. The van der Waals surface area contributed by atoms with E-state index in [4.69, 9.17) is 15.2 Å². The molecule has 0 bridgehead atoms. The van der Waals surface area contributed by atoms with Crippen molar-refractivity contribution < 1.29 is 14.3 Å². The van der Waals surface area contributed by atoms with Crippen molar-refractivity contribution in [3.63, 3.8) is 0 Å². The highest BCUT2D eigenvalue weighted by molar-refractivity contribution is 5.85. The van der Waals surface area contributed by atoms with Crippen LogP contribution in [0.4, 0.5) is 0 Å². The fraction of sp³-hybridized carbons (Fsp3) is 0.611. The minimum absolute atomic E-state index is 0. The average molecular weight is 355 g/mol. The molecule has 24 heavy (non-hydrogen) atoms. The molecule has 1 amide bonds. The number of rotatable bonds is 5. The molecule has 2 saturated heterocycles. The highest BCUT2D eigenvalue weighted by atomic mass is 35.5. The molecule has 2 heterocycles. The quantitative estimate of drug-likeness (QED) is 0.880. The van der Waals surface area contributed by atoms with Crippen LogP contribution in [0.3, 0.4) is 0 Å². The number of ether oxygens (including phenoxy) is 2. The number of likely N-dealkylation sites (tertiary alicyclic amines) is 1. The van der Waals surface area contributed by atoms with Crippen LogP contribution in [-0.4, -0.2) is 49.3 Å². The second kappa shape index (κ2) is 8.70. The van der Waals surface area contributed by atoms with Crippen LogP contribution < -0.4 is 10.5 Å². The molecule has 1 aromatic rings. The van der Waals surface area contributed by atoms with E-state index in [9.17, 15) is 4.79 Å². The van der Waals surface area contributed by atoms with E-state index < -0.39 is 0 Å². The standard InChI is InChI=1S/C18H26N2O3.ClH/c1-22-16-7-3-2-5-13(16)11-14-6-4-10-20(14)18(21)17-9-8-15(12-19)23-17;/h2-3,5,7,14-15,17H,4,6,8-12,19H2,1H3;1H/t14?,15-,17+;/m1./s1. The molecule has 3 rings (SSSR count). The lowest BCUT2D eigenvalue weighted by molar-refractivity contribution is -0.143. The zero-order valence-electron chi connectivity index (χ0n) is 14.1. The third-order valence-corrected chi connectivity index (χ3v) is 4.95. The summed E-state index contributed by atoms with van der Waals surface area (Å²) in [6.07, 6.45) is 4.34. The molecule has 0 aromatic heterocycles. The van der Waals surface area contributed by atoms with Gasteiger partial charge in [-0.2, -0.15) is 0 Å². The van der Waals surface area contributed by atoms with Crippen molar-refractivity contribution in [2.24, 2.45) is 5.73 Å². The van der Waals surface area contributed by atoms with Gasteiger partial charge in [0.1, 0.15) is 11.9 Å². The highest BCUT2D eigenvalue weighted by Crippen LogP contribution is 2.29. The Bertz CT molecular complexity index is 555. The van der Waals surface area contributed by atoms with Gasteiger partial charge < -0.3 is 20.1 Å². The molecule has 0 aliphatic carbocycles. The molecule has 0 saturated carbocycles. The lowest BCUT2D eigenvalue weighted by atomic mass is 10.0. The Balaban J connectivity index is 0.00000208. The number of nitrogens with two attached hydrogens (primary N) is 1. The van der Waals surface area contributed by atoms with Gasteiger partial charge in [0.15, 0.2) is 0 Å². The Labute approximate surface area is 149 Å². The summed E-state index contributed by atoms with van der Waals surface area (Å²) in [6, 6.07) is 8.28. The molecule has 5 nitrogen and oxygen atoms in total. The maximum Gasteiger partial charge on any atom is 0.251 e. The molecule has 0 spiro atoms. The van der Waals surface area contributed by atoms with Crippen LogP contribution in [0, 0.1) is 0 Å². The minimum Gasteiger partial charge on any atom is -0.496 e. The molecule has 2 fully saturated rings. The molecule has 2 N–H and O–H groups in total. The summed E-state index contributed by atoms with van der Waals surface area (Å²) in [6.45, 7) is 1.32. The molecule has 1 unspecified atom stereocenters. The summed E-state index contributed by atoms with van der Waals surface area (Å²) in [5, 5.41) is 0. The third kappa shape index (κ3) is 4.02. The lowest BCUT2D eigenvalue weighted by Crippen LogP contribution is -2.43. The van der Waals surface area contributed by atoms with Gasteiger partial charge in [-0.1, -0.05) is 18.2 Å². The molecule has 3 atom stereocenters. The molecule has 1 aromatic carbocycles. The predicted molar refractivity (Wildman–Crippen MR) is 95.6 cm³/mol. The van der Waals surface area contributed by atoms with E-state index in [0.717, 1.165) is 50.0 Å². The van der Waals surface area contributed by atoms with Crippen LogP contribution in [-0.2, 0) is 16.0 Å². The van der Waals surface area contributed by atoms with Crippen molar-refractivity contribution >= 4 is 18.3 Å². The van der Waals surface area contributed by atoms with Gasteiger partial charge in [-0.25, -0.2) is 0 Å². The number of hydrogen-bond acceptors (Lipinski definition) is 4. The van der Waals surface area contributed by atoms with Crippen molar-refractivity contribution in [1.82, 2.24) is 4.90 Å². The molecule has 6 heteroatoms. The Hall–Kier alpha value is -1.30. The van der Waals surface area contributed by atoms with E-state index in [-0.39, 0.29) is 36.6 Å². The first-order valence-corrected chi connectivity index (χ1v) is 8.51. The molecule has 134 valence electrons. The first kappa shape index (κ1) is 19.0. The SMILES string of the molecule is COc1ccccc1CC1CCCN1C(=O)[C@@H]1CC[C@H](CN)O1.Cl. The van der Waals surface area contributed by atoms with Crippen molar-refractivity contribution in [2.45, 2.75) is 50.4 Å². The second-order valence-electron chi connectivity index (χ2n) is 6.40. The van der Waals surface area contributed by atoms with E-state index in [2.05, 4.69) is 6.07 Å². The number of para-hydroxylation sites is 1. The van der Waals surface area contributed by atoms with Crippen LogP contribution in [0.5, 0.6) is 5.75 Å². The van der Waals surface area contributed by atoms with Gasteiger partial charge in [0.25, 0.3) is 5.91 Å². The molecule has 0 radical (unpaired) electrons. The largest absolute Gasteiger partial charge is 0.496 e. The molecular formula is C18H27ClN2O3. The summed E-state index contributed by atoms with van der Waals surface area (Å²) in [7, 11) is 1.69. The summed E-state index contributed by atoms with van der Waals surface area (Å²) in [4.78, 5) is 14.8. The van der Waals surface area contributed by atoms with E-state index in [1.165, 1.54) is 0 Å². The van der Waals surface area contributed by atoms with Crippen molar-refractivity contribution in [3.8, 4) is 5.75 Å². The number of nitrogens with zero attached hydrogens (tertiary/aromatic N) is 1. The van der Waals surface area contributed by atoms with E-state index in [1.807, 2.05) is 23.1 Å². The van der Waals surface area contributed by atoms with Gasteiger partial charge >= 0.3 is 0 Å². The van der Waals surface area contributed by atoms with E-state index >= 15 is 0 Å². The number of amides is 1. The first-order valence-electron chi connectivity index (χ1n) is 8.51. The Morgan fingerprint density at radius 1 is 1.33 bits per heavy atom. The number of carbonyl (C=O) groups excluding carboxylic acids is 1. The monoisotopic (exact) mass is 354 g/mol. The van der Waals surface area contributed by atoms with Crippen LogP contribution in [0.25, 0.3) is 0 Å². The summed E-state index contributed by atoms with van der Waals surface area (Å²) in [5.74, 6) is 1.03. The van der Waals surface area contributed by atoms with Gasteiger partial charge in [-0.15, -0.1) is 12.4 Å². The lowest BCUT2D eigenvalue weighted by Gasteiger charge is -2.28. The van der Waals surface area contributed by atoms with Crippen LogP contribution in [0.1, 0.15) is 31.2 Å². The van der Waals surface area contributed by atoms with E-state index in [1.54, 1.807) is 7.11 Å². The van der Waals surface area contributed by atoms with Gasteiger partial charge in [0.05, 0.1) is 13.2 Å². The zero-order valence-corrected chi connectivity index (χ0v) is 15.0. The third-order valence-electron chi connectivity index (χ3n) is 4.95. The molecule has 2 aliphatic heterocycles. The fourth-order valence-electron chi connectivity index (χ4n) is 3.71. The number of carbonyl (C=O) groups is 1. The maximum atomic E-state index is 12.8. The fourth-order valence-corrected chi connectivity index (χ4v) is 3.71. The smallest absolute Gasteiger partial charge is 0.251 e. The van der Waals surface area contributed by atoms with Gasteiger partial charge in [0.2, 0.25) is 0 Å². The first-order chi connectivity index (χ1) is 11.2. The number of halogens is 1. The van der Waals surface area contributed by atoms with E-state index in [0.29, 0.717) is 6.54 Å². The molecule has 2 aliphatic rings. The van der Waals surface area contributed by atoms with Crippen molar-refractivity contribution in [2.75, 3.05) is 20.2 Å². The summed E-state index contributed by atoms with van der Waals surface area (Å²) in [5.41, 5.74) is 6.81. The average Bonchev–Trinajstić information content (AvgIpc) is 3.24. The number of methoxy groups -OCH3 is 1. The van der Waals surface area contributed by atoms with Crippen molar-refractivity contribution in [3.05, 3.63) is 29.8 Å². The summed E-state index contributed by atoms with van der Waals surface area (Å²) < 4.78 is 11.2. The Morgan fingerprint density at radius 3 is 2.83 bits per heavy atom. The normalized spacial score (nSPS) is 26.2. The Morgan fingerprint density at radius 2 is 2.12 bits per heavy atom. The van der Waals surface area contributed by atoms with Gasteiger partial charge in [0, 0.05) is 19.1 Å². The highest BCUT2D eigenvalue weighted by Gasteiger charge is 2.37. The second-order valence-corrected chi connectivity index (χ2v) is 6.40. The van der Waals surface area contributed by atoms with Gasteiger partial charge in [-0.05, 0) is 43.7 Å². The molecular weight excluding hydrogens is 328 g/mol. The van der Waals surface area contributed by atoms with Crippen molar-refractivity contribution in [1.29, 1.82) is 0 Å². The van der Waals surface area contributed by atoms with Gasteiger partial charge in [-0.3, -0.25) is 4.79 Å². The van der Waals surface area contributed by atoms with Crippen LogP contribution in [0.15, 0.2) is 24.3 Å². The maximum absolute atomic E-state index is 12.8. The zero-order chi connectivity index (χ0) is 16.2. The Kier molecular flexibility index (Phi) is 6.90. The predicted octanol–water partition coefficient (Wildman–Crippen LogP) is 2.16. The van der Waals surface area contributed by atoms with Crippen LogP contribution >= 0.6 is 12.4 Å². The summed E-state index contributed by atoms with van der Waals surface area (Å²) >= 11 is 0.